The highest BCUT2D eigenvalue weighted by Gasteiger charge is 2.31. The minimum absolute atomic E-state index is 0.117. The molecule has 27 heteroatoms. The van der Waals surface area contributed by atoms with Crippen molar-refractivity contribution in [3.63, 3.8) is 0 Å². The first-order chi connectivity index (χ1) is 48.7. The zero-order valence-electron chi connectivity index (χ0n) is 55.2. The molecule has 0 spiro atoms. The number of methoxy groups -OCH3 is 2. The van der Waals surface area contributed by atoms with E-state index < -0.39 is 0 Å². The summed E-state index contributed by atoms with van der Waals surface area (Å²) in [5.41, 5.74) is 9.45. The van der Waals surface area contributed by atoms with Crippen LogP contribution in [-0.4, -0.2) is 211 Å². The molecule has 0 unspecified atom stereocenters. The van der Waals surface area contributed by atoms with E-state index in [1.165, 1.54) is 19.8 Å². The number of amides is 1. The van der Waals surface area contributed by atoms with Gasteiger partial charge in [-0.25, -0.2) is 49.0 Å². The number of hydrogen-bond donors (Lipinski definition) is 2. The smallest absolute Gasteiger partial charge is 0.409 e. The standard InChI is InChI=1S/C28H30N8O.C25H30N6O5.C19H16N4O3/c1-2-20(17-29-8-1)19-34-10-6-23(7-11-34)36-28-24(18-31-36)27(35-12-14-37-15-13-35)32-26(33-28)22-3-4-25-21(16-22)5-9-30-25;1-34-21(32)15-17-3-5-18(6-4-17)22-27-23(29-11-13-36-14-12-29)20-16-26-31(24(20)28-22)19-7-9-30(10-8-19)25(33)35-2;24-13-4-1-3-12(11-13)17-21-15-14-5-2-6-20-19(14)26-16(15)18(22-17)23-7-9-25-10-8-23/h1-5,8-9,16-18,23,30H,6-7,10-15,19H2;3-6,16,19H,7-15H2,1-2H3;1-6,11,24H,7-10H2. The van der Waals surface area contributed by atoms with Crippen LogP contribution in [0.3, 0.4) is 0 Å². The zero-order valence-corrected chi connectivity index (χ0v) is 55.2. The summed E-state index contributed by atoms with van der Waals surface area (Å²) >= 11 is 0. The van der Waals surface area contributed by atoms with Crippen molar-refractivity contribution >= 4 is 84.7 Å². The number of morpholine rings is 3. The van der Waals surface area contributed by atoms with Crippen molar-refractivity contribution in [2.45, 2.75) is 50.7 Å². The number of rotatable bonds is 12. The Morgan fingerprint density at radius 1 is 0.556 bits per heavy atom. The number of hydrogen-bond acceptors (Lipinski definition) is 23. The van der Waals surface area contributed by atoms with Gasteiger partial charge >= 0.3 is 12.1 Å². The number of aromatic nitrogens is 13. The first-order valence-electron chi connectivity index (χ1n) is 33.7. The molecule has 5 aliphatic heterocycles. The van der Waals surface area contributed by atoms with Crippen LogP contribution in [0.2, 0.25) is 0 Å². The molecule has 5 saturated heterocycles. The van der Waals surface area contributed by atoms with Crippen LogP contribution in [0.1, 0.15) is 48.9 Å². The van der Waals surface area contributed by atoms with Crippen LogP contribution >= 0.6 is 0 Å². The van der Waals surface area contributed by atoms with E-state index in [0.29, 0.717) is 81.7 Å². The number of pyridine rings is 2. The Morgan fingerprint density at radius 3 is 1.76 bits per heavy atom. The molecule has 3 aromatic carbocycles. The maximum atomic E-state index is 11.9. The van der Waals surface area contributed by atoms with Gasteiger partial charge in [0, 0.05) is 124 Å². The number of likely N-dealkylation sites (tertiary alicyclic amines) is 2. The Hall–Kier alpha value is -10.7. The molecule has 0 saturated carbocycles. The molecule has 0 bridgehead atoms. The van der Waals surface area contributed by atoms with Gasteiger partial charge in [0.1, 0.15) is 22.9 Å². The van der Waals surface area contributed by atoms with E-state index in [9.17, 15) is 14.7 Å². The lowest BCUT2D eigenvalue weighted by molar-refractivity contribution is -0.139. The minimum Gasteiger partial charge on any atom is -0.508 e. The molecule has 5 aliphatic rings. The second-order valence-corrected chi connectivity index (χ2v) is 25.0. The second kappa shape index (κ2) is 29.1. The first-order valence-corrected chi connectivity index (χ1v) is 33.7. The lowest BCUT2D eigenvalue weighted by Crippen LogP contribution is -2.39. The second-order valence-electron chi connectivity index (χ2n) is 25.0. The van der Waals surface area contributed by atoms with E-state index in [2.05, 4.69) is 69.6 Å². The molecule has 12 aromatic rings. The fourth-order valence-electron chi connectivity index (χ4n) is 13.6. The van der Waals surface area contributed by atoms with E-state index in [0.717, 1.165) is 174 Å². The molecule has 0 aliphatic carbocycles. The number of anilines is 3. The van der Waals surface area contributed by atoms with Crippen LogP contribution in [0.25, 0.3) is 89.3 Å². The van der Waals surface area contributed by atoms with Gasteiger partial charge < -0.3 is 57.8 Å². The van der Waals surface area contributed by atoms with Crippen molar-refractivity contribution in [3.8, 4) is 39.9 Å². The number of carbonyl (C=O) groups is 2. The largest absolute Gasteiger partial charge is 0.508 e. The summed E-state index contributed by atoms with van der Waals surface area (Å²) in [6.07, 6.45) is 14.8. The maximum Gasteiger partial charge on any atom is 0.409 e. The van der Waals surface area contributed by atoms with Crippen molar-refractivity contribution < 1.29 is 42.8 Å². The van der Waals surface area contributed by atoms with Gasteiger partial charge in [-0.05, 0) is 91.4 Å². The van der Waals surface area contributed by atoms with Gasteiger partial charge in [-0.3, -0.25) is 14.7 Å². The molecular formula is C72H76N18O9. The number of fused-ring (bicyclic) bond motifs is 6. The Balaban J connectivity index is 0.000000123. The number of aromatic amines is 1. The van der Waals surface area contributed by atoms with Crippen LogP contribution < -0.4 is 14.7 Å². The third-order valence-electron chi connectivity index (χ3n) is 18.9. The Kier molecular flexibility index (Phi) is 18.9. The van der Waals surface area contributed by atoms with Gasteiger partial charge in [0.05, 0.1) is 101 Å². The lowest BCUT2D eigenvalue weighted by Gasteiger charge is -2.32. The van der Waals surface area contributed by atoms with Gasteiger partial charge in [0.15, 0.2) is 40.2 Å². The zero-order chi connectivity index (χ0) is 67.2. The van der Waals surface area contributed by atoms with E-state index >= 15 is 0 Å². The normalized spacial score (nSPS) is 16.7. The van der Waals surface area contributed by atoms with Crippen molar-refractivity contribution in [1.82, 2.24) is 74.2 Å². The van der Waals surface area contributed by atoms with Gasteiger partial charge in [-0.15, -0.1) is 0 Å². The molecule has 14 heterocycles. The summed E-state index contributed by atoms with van der Waals surface area (Å²) in [5, 5.41) is 23.4. The van der Waals surface area contributed by atoms with Gasteiger partial charge in [-0.1, -0.05) is 42.5 Å². The Morgan fingerprint density at radius 2 is 1.14 bits per heavy atom. The highest BCUT2D eigenvalue weighted by Crippen LogP contribution is 2.38. The molecule has 1 amide bonds. The molecule has 508 valence electrons. The monoisotopic (exact) mass is 1340 g/mol. The predicted molar refractivity (Wildman–Crippen MR) is 372 cm³/mol. The lowest BCUT2D eigenvalue weighted by atomic mass is 10.0. The number of nitrogens with one attached hydrogen (secondary N) is 1. The van der Waals surface area contributed by atoms with Gasteiger partial charge in [-0.2, -0.15) is 10.2 Å². The molecule has 0 atom stereocenters. The highest BCUT2D eigenvalue weighted by atomic mass is 16.5. The third-order valence-corrected chi connectivity index (χ3v) is 18.9. The number of furan rings is 1. The fourth-order valence-corrected chi connectivity index (χ4v) is 13.6. The molecule has 27 nitrogen and oxygen atoms in total. The van der Waals surface area contributed by atoms with Crippen LogP contribution in [0.5, 0.6) is 5.75 Å². The van der Waals surface area contributed by atoms with Crippen LogP contribution in [-0.2, 0) is 41.4 Å². The molecular weight excluding hydrogens is 1260 g/mol. The molecule has 0 radical (unpaired) electrons. The average molecular weight is 1340 g/mol. The van der Waals surface area contributed by atoms with Gasteiger partial charge in [0.2, 0.25) is 5.71 Å². The topological polar surface area (TPSA) is 284 Å². The van der Waals surface area contributed by atoms with E-state index in [1.54, 1.807) is 29.3 Å². The summed E-state index contributed by atoms with van der Waals surface area (Å²) in [6, 6.07) is 31.4. The van der Waals surface area contributed by atoms with Crippen molar-refractivity contribution in [2.24, 2.45) is 0 Å². The van der Waals surface area contributed by atoms with E-state index in [1.807, 2.05) is 84.2 Å². The summed E-state index contributed by atoms with van der Waals surface area (Å²) in [6.45, 7) is 12.8. The number of nitrogens with zero attached hydrogens (tertiary/aromatic N) is 17. The molecule has 17 rings (SSSR count). The highest BCUT2D eigenvalue weighted by molar-refractivity contribution is 6.05. The van der Waals surface area contributed by atoms with Crippen LogP contribution in [0.15, 0.2) is 139 Å². The Labute approximate surface area is 569 Å². The predicted octanol–water partition coefficient (Wildman–Crippen LogP) is 9.47. The fraction of sp³-hybridized carbons (Fsp3) is 0.361. The van der Waals surface area contributed by atoms with E-state index in [4.69, 9.17) is 68.2 Å². The van der Waals surface area contributed by atoms with Crippen LogP contribution in [0, 0.1) is 0 Å². The number of benzene rings is 3. The average Bonchev–Trinajstić information content (AvgIpc) is 1.66. The quantitative estimate of drug-likeness (QED) is 0.108. The third kappa shape index (κ3) is 13.9. The SMILES string of the molecule is COC(=O)Cc1ccc(-c2nc(N3CCOCC3)c3cnn(C4CCN(C(=O)OC)CC4)c3n2)cc1.Oc1cccc(-c2nc(N3CCOCC3)c3oc4ncccc4c3n2)c1.c1cncc(CN2CCC(n3ncc4c(N5CCOCC5)nc(-c5ccc6[nH]ccc6c5)nc43)CC2)c1. The number of ether oxygens (including phenoxy) is 5. The minimum atomic E-state index is -0.298. The Bertz CT molecular complexity index is 4800. The number of aromatic hydroxyl groups is 1. The maximum absolute atomic E-state index is 11.9. The summed E-state index contributed by atoms with van der Waals surface area (Å²) in [4.78, 5) is 75.9. The van der Waals surface area contributed by atoms with Crippen molar-refractivity contribution in [3.05, 3.63) is 145 Å². The number of piperidine rings is 2. The number of carbonyl (C=O) groups excluding carboxylic acids is 2. The number of phenolic OH excluding ortho intramolecular Hbond substituents is 1. The number of phenols is 1. The van der Waals surface area contributed by atoms with E-state index in [-0.39, 0.29) is 30.3 Å². The van der Waals surface area contributed by atoms with Crippen molar-refractivity contribution in [2.75, 3.05) is 134 Å². The van der Waals surface area contributed by atoms with Crippen molar-refractivity contribution in [1.29, 1.82) is 0 Å². The molecule has 9 aromatic heterocycles. The molecule has 2 N–H and O–H groups in total. The number of H-pyrrole nitrogens is 1. The molecule has 99 heavy (non-hydrogen) atoms. The van der Waals surface area contributed by atoms with Crippen LogP contribution in [0.4, 0.5) is 22.2 Å². The summed E-state index contributed by atoms with van der Waals surface area (Å²) in [7, 11) is 2.79. The number of esters is 1. The first kappa shape index (κ1) is 64.3. The van der Waals surface area contributed by atoms with Gasteiger partial charge in [0.25, 0.3) is 0 Å². The summed E-state index contributed by atoms with van der Waals surface area (Å²) in [5.74, 6) is 4.31. The summed E-state index contributed by atoms with van der Waals surface area (Å²) < 4.78 is 36.4. The molecule has 5 fully saturated rings.